The van der Waals surface area contributed by atoms with Gasteiger partial charge in [0.05, 0.1) is 10.7 Å². The van der Waals surface area contributed by atoms with Crippen molar-refractivity contribution >= 4 is 11.3 Å². The fourth-order valence-electron chi connectivity index (χ4n) is 2.72. The van der Waals surface area contributed by atoms with Gasteiger partial charge in [-0.3, -0.25) is 4.90 Å². The number of benzene rings is 1. The fourth-order valence-corrected chi connectivity index (χ4v) is 3.70. The Hall–Kier alpha value is -1.23. The lowest BCUT2D eigenvalue weighted by Gasteiger charge is -2.27. The number of rotatable bonds is 7. The monoisotopic (exact) mass is 302 g/mol. The minimum absolute atomic E-state index is 0.203. The molecule has 1 saturated carbocycles. The molecule has 0 radical (unpaired) electrons. The summed E-state index contributed by atoms with van der Waals surface area (Å²) in [5.74, 6) is 0.733. The van der Waals surface area contributed by atoms with Gasteiger partial charge in [-0.25, -0.2) is 4.98 Å². The molecule has 1 aromatic carbocycles. The van der Waals surface area contributed by atoms with Gasteiger partial charge in [-0.05, 0) is 31.9 Å². The minimum atomic E-state index is 0.203. The first-order chi connectivity index (χ1) is 10.3. The van der Waals surface area contributed by atoms with E-state index in [4.69, 9.17) is 4.98 Å². The third-order valence-corrected chi connectivity index (χ3v) is 5.08. The van der Waals surface area contributed by atoms with Crippen LogP contribution in [0, 0.1) is 0 Å². The van der Waals surface area contributed by atoms with E-state index in [1.54, 1.807) is 11.3 Å². The van der Waals surface area contributed by atoms with E-state index >= 15 is 0 Å². The van der Waals surface area contributed by atoms with Crippen LogP contribution in [0.1, 0.15) is 47.5 Å². The Morgan fingerprint density at radius 3 is 2.76 bits per heavy atom. The number of aliphatic hydroxyl groups excluding tert-OH is 1. The molecule has 1 fully saturated rings. The van der Waals surface area contributed by atoms with Crippen molar-refractivity contribution in [3.05, 3.63) is 52.0 Å². The van der Waals surface area contributed by atoms with Crippen molar-refractivity contribution in [2.75, 3.05) is 13.7 Å². The van der Waals surface area contributed by atoms with Gasteiger partial charge in [-0.1, -0.05) is 30.3 Å². The molecule has 1 N–H and O–H groups in total. The van der Waals surface area contributed by atoms with E-state index in [1.165, 1.54) is 23.4 Å². The molecule has 1 aromatic heterocycles. The Balaban J connectivity index is 1.69. The summed E-state index contributed by atoms with van der Waals surface area (Å²) in [5.41, 5.74) is 2.41. The quantitative estimate of drug-likeness (QED) is 0.849. The second kappa shape index (κ2) is 6.69. The van der Waals surface area contributed by atoms with Crippen molar-refractivity contribution in [3.8, 4) is 0 Å². The van der Waals surface area contributed by atoms with Gasteiger partial charge in [0, 0.05) is 30.5 Å². The van der Waals surface area contributed by atoms with Crippen LogP contribution in [0.25, 0.3) is 0 Å². The third-order valence-electron chi connectivity index (χ3n) is 4.03. The standard InChI is InChI=1S/C17H22N2OS/c1-19(11-15-12-21-17(18-15)14-7-8-14)16(9-10-20)13-5-3-2-4-6-13/h2-6,12,14,16,20H,7-11H2,1H3. The van der Waals surface area contributed by atoms with Gasteiger partial charge in [-0.15, -0.1) is 11.3 Å². The van der Waals surface area contributed by atoms with Crippen LogP contribution in [-0.2, 0) is 6.54 Å². The van der Waals surface area contributed by atoms with E-state index in [2.05, 4.69) is 41.6 Å². The minimum Gasteiger partial charge on any atom is -0.396 e. The normalized spacial score (nSPS) is 16.3. The van der Waals surface area contributed by atoms with Crippen LogP contribution in [-0.4, -0.2) is 28.6 Å². The zero-order valence-corrected chi connectivity index (χ0v) is 13.2. The van der Waals surface area contributed by atoms with Gasteiger partial charge < -0.3 is 5.11 Å². The molecule has 0 bridgehead atoms. The molecule has 3 rings (SSSR count). The predicted octanol–water partition coefficient (Wildman–Crippen LogP) is 3.58. The van der Waals surface area contributed by atoms with Crippen molar-refractivity contribution in [3.63, 3.8) is 0 Å². The van der Waals surface area contributed by atoms with E-state index in [-0.39, 0.29) is 12.6 Å². The molecule has 1 unspecified atom stereocenters. The van der Waals surface area contributed by atoms with Crippen LogP contribution < -0.4 is 0 Å². The number of hydrogen-bond donors (Lipinski definition) is 1. The highest BCUT2D eigenvalue weighted by molar-refractivity contribution is 7.09. The highest BCUT2D eigenvalue weighted by Gasteiger charge is 2.27. The van der Waals surface area contributed by atoms with E-state index < -0.39 is 0 Å². The summed E-state index contributed by atoms with van der Waals surface area (Å²) >= 11 is 1.80. The maximum absolute atomic E-state index is 9.36. The zero-order valence-electron chi connectivity index (χ0n) is 12.4. The summed E-state index contributed by atoms with van der Waals surface area (Å²) in [6, 6.07) is 10.6. The SMILES string of the molecule is CN(Cc1csc(C2CC2)n1)C(CCO)c1ccccc1. The Kier molecular flexibility index (Phi) is 4.68. The van der Waals surface area contributed by atoms with Crippen molar-refractivity contribution in [1.29, 1.82) is 0 Å². The molecular weight excluding hydrogens is 280 g/mol. The summed E-state index contributed by atoms with van der Waals surface area (Å²) < 4.78 is 0. The lowest BCUT2D eigenvalue weighted by atomic mass is 10.0. The van der Waals surface area contributed by atoms with Crippen molar-refractivity contribution < 1.29 is 5.11 Å². The van der Waals surface area contributed by atoms with Gasteiger partial charge in [0.1, 0.15) is 0 Å². The van der Waals surface area contributed by atoms with E-state index in [1.807, 2.05) is 6.07 Å². The maximum Gasteiger partial charge on any atom is 0.0959 e. The highest BCUT2D eigenvalue weighted by atomic mass is 32.1. The van der Waals surface area contributed by atoms with Crippen LogP contribution in [0.5, 0.6) is 0 Å². The molecular formula is C17H22N2OS. The average molecular weight is 302 g/mol. The van der Waals surface area contributed by atoms with Crippen molar-refractivity contribution in [1.82, 2.24) is 9.88 Å². The van der Waals surface area contributed by atoms with Gasteiger partial charge >= 0.3 is 0 Å². The number of aliphatic hydroxyl groups is 1. The Morgan fingerprint density at radius 2 is 2.10 bits per heavy atom. The van der Waals surface area contributed by atoms with Crippen molar-refractivity contribution in [2.45, 2.75) is 37.8 Å². The molecule has 1 atom stereocenters. The molecule has 0 aliphatic heterocycles. The molecule has 4 heteroatoms. The largest absolute Gasteiger partial charge is 0.396 e. The Morgan fingerprint density at radius 1 is 1.33 bits per heavy atom. The molecule has 21 heavy (non-hydrogen) atoms. The average Bonchev–Trinajstić information content (AvgIpc) is 3.26. The summed E-state index contributed by atoms with van der Waals surface area (Å²) in [4.78, 5) is 7.05. The first-order valence-electron chi connectivity index (χ1n) is 7.58. The van der Waals surface area contributed by atoms with Crippen LogP contribution in [0.4, 0.5) is 0 Å². The third kappa shape index (κ3) is 3.70. The van der Waals surface area contributed by atoms with Crippen molar-refractivity contribution in [2.24, 2.45) is 0 Å². The molecule has 0 spiro atoms. The van der Waals surface area contributed by atoms with Gasteiger partial charge in [0.25, 0.3) is 0 Å². The van der Waals surface area contributed by atoms with E-state index in [0.29, 0.717) is 0 Å². The Bertz CT molecular complexity index is 565. The number of aromatic nitrogens is 1. The van der Waals surface area contributed by atoms with Gasteiger partial charge in [0.2, 0.25) is 0 Å². The predicted molar refractivity (Wildman–Crippen MR) is 86.4 cm³/mol. The molecule has 1 aliphatic rings. The number of nitrogens with zero attached hydrogens (tertiary/aromatic N) is 2. The second-order valence-electron chi connectivity index (χ2n) is 5.81. The van der Waals surface area contributed by atoms with Crippen LogP contribution in [0.3, 0.4) is 0 Å². The second-order valence-corrected chi connectivity index (χ2v) is 6.69. The molecule has 1 heterocycles. The Labute approximate surface area is 130 Å². The summed E-state index contributed by atoms with van der Waals surface area (Å²) in [7, 11) is 2.11. The van der Waals surface area contributed by atoms with Crippen LogP contribution >= 0.6 is 11.3 Å². The first-order valence-corrected chi connectivity index (χ1v) is 8.46. The first kappa shape index (κ1) is 14.7. The molecule has 2 aromatic rings. The summed E-state index contributed by atoms with van der Waals surface area (Å²) in [6.07, 6.45) is 3.36. The molecule has 3 nitrogen and oxygen atoms in total. The summed E-state index contributed by atoms with van der Waals surface area (Å²) in [6.45, 7) is 1.04. The molecule has 0 saturated heterocycles. The molecule has 0 amide bonds. The molecule has 1 aliphatic carbocycles. The summed E-state index contributed by atoms with van der Waals surface area (Å²) in [5, 5.41) is 12.8. The fraction of sp³-hybridized carbons (Fsp3) is 0.471. The smallest absolute Gasteiger partial charge is 0.0959 e. The zero-order chi connectivity index (χ0) is 14.7. The lowest BCUT2D eigenvalue weighted by Crippen LogP contribution is -2.25. The number of thiazole rings is 1. The highest BCUT2D eigenvalue weighted by Crippen LogP contribution is 2.41. The molecule has 112 valence electrons. The maximum atomic E-state index is 9.36. The number of hydrogen-bond acceptors (Lipinski definition) is 4. The van der Waals surface area contributed by atoms with Gasteiger partial charge in [-0.2, -0.15) is 0 Å². The van der Waals surface area contributed by atoms with Crippen LogP contribution in [0.2, 0.25) is 0 Å². The van der Waals surface area contributed by atoms with E-state index in [0.717, 1.165) is 24.6 Å². The topological polar surface area (TPSA) is 36.4 Å². The van der Waals surface area contributed by atoms with E-state index in [9.17, 15) is 5.11 Å². The lowest BCUT2D eigenvalue weighted by molar-refractivity contribution is 0.179. The van der Waals surface area contributed by atoms with Crippen LogP contribution in [0.15, 0.2) is 35.7 Å². The van der Waals surface area contributed by atoms with Gasteiger partial charge in [0.15, 0.2) is 0 Å².